The van der Waals surface area contributed by atoms with E-state index in [1.807, 2.05) is 19.2 Å². The zero-order valence-electron chi connectivity index (χ0n) is 16.8. The van der Waals surface area contributed by atoms with Gasteiger partial charge in [0.1, 0.15) is 0 Å². The summed E-state index contributed by atoms with van der Waals surface area (Å²) in [5, 5.41) is 3.33. The average molecular weight is 521 g/mol. The zero-order chi connectivity index (χ0) is 19.3. The Kier molecular flexibility index (Phi) is 8.97. The number of benzene rings is 1. The average Bonchev–Trinajstić information content (AvgIpc) is 3.20. The highest BCUT2D eigenvalue weighted by atomic mass is 127. The highest BCUT2D eigenvalue weighted by Gasteiger charge is 2.29. The number of hydrogen-bond acceptors (Lipinski definition) is 4. The quantitative estimate of drug-likeness (QED) is 0.364. The molecule has 0 radical (unpaired) electrons. The molecule has 1 aromatic carbocycles. The first-order valence-corrected chi connectivity index (χ1v) is 11.3. The van der Waals surface area contributed by atoms with Crippen LogP contribution in [0.4, 0.5) is 0 Å². The molecule has 0 saturated carbocycles. The van der Waals surface area contributed by atoms with E-state index >= 15 is 0 Å². The van der Waals surface area contributed by atoms with Crippen LogP contribution in [-0.4, -0.2) is 81.3 Å². The summed E-state index contributed by atoms with van der Waals surface area (Å²) in [7, 11) is -1.47. The highest BCUT2D eigenvalue weighted by Crippen LogP contribution is 2.22. The largest absolute Gasteiger partial charge is 0.357 e. The third kappa shape index (κ3) is 5.58. The van der Waals surface area contributed by atoms with E-state index in [2.05, 4.69) is 22.0 Å². The van der Waals surface area contributed by atoms with Gasteiger partial charge in [0, 0.05) is 45.8 Å². The molecule has 2 fully saturated rings. The molecule has 0 amide bonds. The number of piperazine rings is 1. The van der Waals surface area contributed by atoms with E-state index in [0.717, 1.165) is 44.2 Å². The summed E-state index contributed by atoms with van der Waals surface area (Å²) < 4.78 is 27.9. The minimum absolute atomic E-state index is 0. The lowest BCUT2D eigenvalue weighted by Crippen LogP contribution is -2.47. The standard InChI is InChI=1S/C19H31N5O2S.HI/c1-3-20-19(23-10-6-7-11-23)21-16-17-8-4-5-9-18(17)27(25,26)24-14-12-22(2)13-15-24;/h4-5,8-9H,3,6-7,10-16H2,1-2H3,(H,20,21);1H. The highest BCUT2D eigenvalue weighted by molar-refractivity contribution is 14.0. The molecule has 3 rings (SSSR count). The van der Waals surface area contributed by atoms with Crippen LogP contribution in [0.15, 0.2) is 34.2 Å². The van der Waals surface area contributed by atoms with Gasteiger partial charge < -0.3 is 15.1 Å². The van der Waals surface area contributed by atoms with Crippen LogP contribution < -0.4 is 5.32 Å². The number of nitrogens with zero attached hydrogens (tertiary/aromatic N) is 4. The summed E-state index contributed by atoms with van der Waals surface area (Å²) in [6.07, 6.45) is 2.36. The van der Waals surface area contributed by atoms with E-state index in [0.29, 0.717) is 24.5 Å². The van der Waals surface area contributed by atoms with Crippen LogP contribution in [0.2, 0.25) is 0 Å². The normalized spacial score (nSPS) is 19.5. The van der Waals surface area contributed by atoms with Crippen molar-refractivity contribution in [2.75, 3.05) is 52.9 Å². The Morgan fingerprint density at radius 3 is 2.36 bits per heavy atom. The third-order valence-electron chi connectivity index (χ3n) is 5.19. The second kappa shape index (κ2) is 10.7. The first kappa shape index (κ1) is 23.4. The van der Waals surface area contributed by atoms with Crippen molar-refractivity contribution in [2.24, 2.45) is 4.99 Å². The van der Waals surface area contributed by atoms with Gasteiger partial charge >= 0.3 is 0 Å². The summed E-state index contributed by atoms with van der Waals surface area (Å²) in [6.45, 7) is 7.83. The molecule has 1 N–H and O–H groups in total. The molecule has 2 aliphatic rings. The van der Waals surface area contributed by atoms with E-state index in [1.54, 1.807) is 16.4 Å². The van der Waals surface area contributed by atoms with Crippen molar-refractivity contribution < 1.29 is 8.42 Å². The van der Waals surface area contributed by atoms with Crippen LogP contribution in [0, 0.1) is 0 Å². The summed E-state index contributed by atoms with van der Waals surface area (Å²) in [6, 6.07) is 7.26. The maximum absolute atomic E-state index is 13.2. The molecule has 28 heavy (non-hydrogen) atoms. The summed E-state index contributed by atoms with van der Waals surface area (Å²) >= 11 is 0. The maximum atomic E-state index is 13.2. The Balaban J connectivity index is 0.00000280. The minimum Gasteiger partial charge on any atom is -0.357 e. The molecule has 9 heteroatoms. The SMILES string of the molecule is CCNC(=NCc1ccccc1S(=O)(=O)N1CCN(C)CC1)N1CCCC1.I. The molecule has 0 aromatic heterocycles. The molecule has 2 saturated heterocycles. The number of sulfonamides is 1. The van der Waals surface area contributed by atoms with Gasteiger partial charge in [-0.25, -0.2) is 13.4 Å². The second-order valence-corrected chi connectivity index (χ2v) is 9.09. The molecule has 7 nitrogen and oxygen atoms in total. The molecular weight excluding hydrogens is 489 g/mol. The molecular formula is C19H32IN5O2S. The smallest absolute Gasteiger partial charge is 0.243 e. The van der Waals surface area contributed by atoms with Crippen molar-refractivity contribution in [1.29, 1.82) is 0 Å². The zero-order valence-corrected chi connectivity index (χ0v) is 19.9. The molecule has 2 heterocycles. The van der Waals surface area contributed by atoms with Crippen molar-refractivity contribution in [3.63, 3.8) is 0 Å². The van der Waals surface area contributed by atoms with Crippen LogP contribution in [0.25, 0.3) is 0 Å². The fraction of sp³-hybridized carbons (Fsp3) is 0.632. The first-order valence-electron chi connectivity index (χ1n) is 9.82. The van der Waals surface area contributed by atoms with Crippen LogP contribution in [0.1, 0.15) is 25.3 Å². The van der Waals surface area contributed by atoms with Crippen molar-refractivity contribution in [3.05, 3.63) is 29.8 Å². The number of halogens is 1. The number of likely N-dealkylation sites (N-methyl/N-ethyl adjacent to an activating group) is 1. The third-order valence-corrected chi connectivity index (χ3v) is 7.19. The number of guanidine groups is 1. The number of nitrogens with one attached hydrogen (secondary N) is 1. The van der Waals surface area contributed by atoms with Crippen LogP contribution in [-0.2, 0) is 16.6 Å². The fourth-order valence-electron chi connectivity index (χ4n) is 3.57. The molecule has 0 aliphatic carbocycles. The Hall–Kier alpha value is -0.910. The van der Waals surface area contributed by atoms with Gasteiger partial charge in [0.2, 0.25) is 10.0 Å². The predicted octanol–water partition coefficient (Wildman–Crippen LogP) is 1.80. The Morgan fingerprint density at radius 1 is 1.07 bits per heavy atom. The second-order valence-electron chi connectivity index (χ2n) is 7.18. The Labute approximate surface area is 186 Å². The molecule has 0 bridgehead atoms. The van der Waals surface area contributed by atoms with Crippen molar-refractivity contribution in [3.8, 4) is 0 Å². The predicted molar refractivity (Wildman–Crippen MR) is 124 cm³/mol. The van der Waals surface area contributed by atoms with Gasteiger partial charge in [-0.1, -0.05) is 18.2 Å². The van der Waals surface area contributed by atoms with Crippen LogP contribution >= 0.6 is 24.0 Å². The van der Waals surface area contributed by atoms with E-state index in [9.17, 15) is 8.42 Å². The number of aliphatic imine (C=N–C) groups is 1. The topological polar surface area (TPSA) is 68.2 Å². The summed E-state index contributed by atoms with van der Waals surface area (Å²) in [5.74, 6) is 0.877. The van der Waals surface area contributed by atoms with Gasteiger partial charge in [0.25, 0.3) is 0 Å². The van der Waals surface area contributed by atoms with E-state index in [-0.39, 0.29) is 24.0 Å². The lowest BCUT2D eigenvalue weighted by molar-refractivity contribution is 0.222. The van der Waals surface area contributed by atoms with Gasteiger partial charge in [-0.3, -0.25) is 0 Å². The minimum atomic E-state index is -3.49. The van der Waals surface area contributed by atoms with Crippen LogP contribution in [0.3, 0.4) is 0 Å². The maximum Gasteiger partial charge on any atom is 0.243 e. The Bertz CT molecular complexity index is 757. The van der Waals surface area contributed by atoms with Gasteiger partial charge in [0.05, 0.1) is 11.4 Å². The van der Waals surface area contributed by atoms with E-state index in [1.165, 1.54) is 12.8 Å². The fourth-order valence-corrected chi connectivity index (χ4v) is 5.21. The summed E-state index contributed by atoms with van der Waals surface area (Å²) in [5.41, 5.74) is 0.756. The molecule has 0 spiro atoms. The van der Waals surface area contributed by atoms with Gasteiger partial charge in [0.15, 0.2) is 5.96 Å². The first-order chi connectivity index (χ1) is 13.0. The van der Waals surface area contributed by atoms with E-state index in [4.69, 9.17) is 4.99 Å². The molecule has 158 valence electrons. The van der Waals surface area contributed by atoms with Crippen molar-refractivity contribution in [1.82, 2.24) is 19.4 Å². The lowest BCUT2D eigenvalue weighted by Gasteiger charge is -2.32. The Morgan fingerprint density at radius 2 is 1.71 bits per heavy atom. The lowest BCUT2D eigenvalue weighted by atomic mass is 10.2. The molecule has 0 unspecified atom stereocenters. The van der Waals surface area contributed by atoms with Crippen LogP contribution in [0.5, 0.6) is 0 Å². The van der Waals surface area contributed by atoms with E-state index < -0.39 is 10.0 Å². The summed E-state index contributed by atoms with van der Waals surface area (Å²) in [4.78, 5) is 9.53. The van der Waals surface area contributed by atoms with Gasteiger partial charge in [-0.15, -0.1) is 24.0 Å². The molecule has 2 aliphatic heterocycles. The molecule has 0 atom stereocenters. The number of rotatable bonds is 5. The monoisotopic (exact) mass is 521 g/mol. The number of likely N-dealkylation sites (tertiary alicyclic amines) is 1. The van der Waals surface area contributed by atoms with Gasteiger partial charge in [-0.2, -0.15) is 4.31 Å². The van der Waals surface area contributed by atoms with Crippen molar-refractivity contribution >= 4 is 40.0 Å². The molecule has 1 aromatic rings. The number of hydrogen-bond donors (Lipinski definition) is 1. The van der Waals surface area contributed by atoms with Crippen molar-refractivity contribution in [2.45, 2.75) is 31.2 Å². The van der Waals surface area contributed by atoms with Gasteiger partial charge in [-0.05, 0) is 38.4 Å².